The molecule has 3 aromatic rings. The standard InChI is InChI=1S/C15H9Cl2N3O3S/c1-7-8(3-2-4-10(7)20(22)23)14(21)19-15-18-13-11(24-15)6-5-9(16)12(13)17/h2-6H,1H3,(H,18,19,21). The molecule has 6 nitrogen and oxygen atoms in total. The third kappa shape index (κ3) is 2.93. The molecule has 1 aromatic heterocycles. The first-order chi connectivity index (χ1) is 11.4. The van der Waals surface area contributed by atoms with Gasteiger partial charge in [-0.05, 0) is 25.1 Å². The van der Waals surface area contributed by atoms with Crippen molar-refractivity contribution in [2.24, 2.45) is 0 Å². The average Bonchev–Trinajstić information content (AvgIpc) is 2.94. The predicted molar refractivity (Wildman–Crippen MR) is 95.4 cm³/mol. The van der Waals surface area contributed by atoms with Crippen LogP contribution >= 0.6 is 34.5 Å². The van der Waals surface area contributed by atoms with Gasteiger partial charge in [-0.25, -0.2) is 4.98 Å². The van der Waals surface area contributed by atoms with Gasteiger partial charge in [0.1, 0.15) is 5.52 Å². The Kier molecular flexibility index (Phi) is 4.40. The Balaban J connectivity index is 1.95. The maximum Gasteiger partial charge on any atom is 0.273 e. The van der Waals surface area contributed by atoms with Gasteiger partial charge < -0.3 is 0 Å². The van der Waals surface area contributed by atoms with Crippen LogP contribution in [0.1, 0.15) is 15.9 Å². The molecule has 0 saturated carbocycles. The molecule has 1 heterocycles. The third-order valence-corrected chi connectivity index (χ3v) is 5.15. The lowest BCUT2D eigenvalue weighted by Crippen LogP contribution is -2.13. The smallest absolute Gasteiger partial charge is 0.273 e. The van der Waals surface area contributed by atoms with Crippen LogP contribution in [0.4, 0.5) is 10.8 Å². The van der Waals surface area contributed by atoms with Crippen LogP contribution in [0.3, 0.4) is 0 Å². The zero-order valence-electron chi connectivity index (χ0n) is 12.2. The fourth-order valence-corrected chi connectivity index (χ4v) is 3.51. The molecule has 3 rings (SSSR count). The summed E-state index contributed by atoms with van der Waals surface area (Å²) in [5.41, 5.74) is 0.900. The number of nitro groups is 1. The van der Waals surface area contributed by atoms with E-state index in [1.54, 1.807) is 12.1 Å². The van der Waals surface area contributed by atoms with Crippen LogP contribution in [0.2, 0.25) is 10.0 Å². The monoisotopic (exact) mass is 381 g/mol. The topological polar surface area (TPSA) is 85.1 Å². The van der Waals surface area contributed by atoms with Crippen molar-refractivity contribution in [1.82, 2.24) is 4.98 Å². The number of nitro benzene ring substituents is 1. The molecule has 0 unspecified atom stereocenters. The number of fused-ring (bicyclic) bond motifs is 1. The van der Waals surface area contributed by atoms with Crippen LogP contribution in [-0.4, -0.2) is 15.8 Å². The molecule has 0 aliphatic carbocycles. The molecule has 0 spiro atoms. The molecule has 0 aliphatic rings. The van der Waals surface area contributed by atoms with Gasteiger partial charge in [-0.15, -0.1) is 0 Å². The summed E-state index contributed by atoms with van der Waals surface area (Å²) in [5, 5.41) is 14.7. The van der Waals surface area contributed by atoms with Gasteiger partial charge in [-0.1, -0.05) is 40.6 Å². The lowest BCUT2D eigenvalue weighted by Gasteiger charge is -2.05. The number of amides is 1. The van der Waals surface area contributed by atoms with Crippen molar-refractivity contribution in [2.45, 2.75) is 6.92 Å². The van der Waals surface area contributed by atoms with Gasteiger partial charge in [-0.2, -0.15) is 0 Å². The molecule has 24 heavy (non-hydrogen) atoms. The lowest BCUT2D eigenvalue weighted by atomic mass is 10.1. The summed E-state index contributed by atoms with van der Waals surface area (Å²) in [6.45, 7) is 1.53. The Morgan fingerprint density at radius 3 is 2.75 bits per heavy atom. The van der Waals surface area contributed by atoms with Crippen LogP contribution in [0.15, 0.2) is 30.3 Å². The number of rotatable bonds is 3. The number of aromatic nitrogens is 1. The second-order valence-electron chi connectivity index (χ2n) is 4.89. The minimum atomic E-state index is -0.522. The van der Waals surface area contributed by atoms with E-state index in [9.17, 15) is 14.9 Å². The number of anilines is 1. The third-order valence-electron chi connectivity index (χ3n) is 3.42. The number of thiazole rings is 1. The minimum Gasteiger partial charge on any atom is -0.298 e. The van der Waals surface area contributed by atoms with E-state index in [-0.39, 0.29) is 11.3 Å². The number of benzene rings is 2. The second-order valence-corrected chi connectivity index (χ2v) is 6.70. The molecule has 0 aliphatic heterocycles. The van der Waals surface area contributed by atoms with Crippen molar-refractivity contribution < 1.29 is 9.72 Å². The highest BCUT2D eigenvalue weighted by Gasteiger charge is 2.19. The highest BCUT2D eigenvalue weighted by atomic mass is 35.5. The van der Waals surface area contributed by atoms with Gasteiger partial charge in [0.15, 0.2) is 5.13 Å². The molecule has 2 aromatic carbocycles. The van der Waals surface area contributed by atoms with E-state index in [1.807, 2.05) is 0 Å². The van der Waals surface area contributed by atoms with Crippen molar-refractivity contribution >= 4 is 61.5 Å². The maximum atomic E-state index is 12.4. The van der Waals surface area contributed by atoms with Gasteiger partial charge >= 0.3 is 0 Å². The molecule has 1 N–H and O–H groups in total. The quantitative estimate of drug-likeness (QED) is 0.506. The Bertz CT molecular complexity index is 987. The second kappa shape index (κ2) is 6.35. The molecule has 122 valence electrons. The first kappa shape index (κ1) is 16.6. The number of nitrogens with zero attached hydrogens (tertiary/aromatic N) is 2. The van der Waals surface area contributed by atoms with Crippen molar-refractivity contribution in [3.05, 3.63) is 61.6 Å². The summed E-state index contributed by atoms with van der Waals surface area (Å²) in [6.07, 6.45) is 0. The van der Waals surface area contributed by atoms with E-state index in [4.69, 9.17) is 23.2 Å². The Hall–Kier alpha value is -2.22. The zero-order chi connectivity index (χ0) is 17.4. The summed E-state index contributed by atoms with van der Waals surface area (Å²) >= 11 is 13.3. The maximum absolute atomic E-state index is 12.4. The Morgan fingerprint density at radius 1 is 1.29 bits per heavy atom. The SMILES string of the molecule is Cc1c(C(=O)Nc2nc3c(Cl)c(Cl)ccc3s2)cccc1[N+](=O)[O-]. The van der Waals surface area contributed by atoms with Gasteiger partial charge in [0.25, 0.3) is 11.6 Å². The largest absolute Gasteiger partial charge is 0.298 e. The van der Waals surface area contributed by atoms with Crippen molar-refractivity contribution in [1.29, 1.82) is 0 Å². The highest BCUT2D eigenvalue weighted by Crippen LogP contribution is 2.35. The predicted octanol–water partition coefficient (Wildman–Crippen LogP) is 5.07. The number of carbonyl (C=O) groups excluding carboxylic acids is 1. The van der Waals surface area contributed by atoms with E-state index in [2.05, 4.69) is 10.3 Å². The Labute approximate surface area is 150 Å². The molecule has 0 fully saturated rings. The summed E-state index contributed by atoms with van der Waals surface area (Å²) in [6, 6.07) is 7.76. The number of hydrogen-bond donors (Lipinski definition) is 1. The van der Waals surface area contributed by atoms with Crippen LogP contribution in [-0.2, 0) is 0 Å². The van der Waals surface area contributed by atoms with Gasteiger partial charge in [0.05, 0.1) is 19.7 Å². The summed E-state index contributed by atoms with van der Waals surface area (Å²) in [4.78, 5) is 27.1. The van der Waals surface area contributed by atoms with Crippen molar-refractivity contribution in [3.8, 4) is 0 Å². The number of halogens is 2. The normalized spacial score (nSPS) is 10.8. The summed E-state index contributed by atoms with van der Waals surface area (Å²) in [5.74, 6) is -0.475. The molecule has 0 bridgehead atoms. The van der Waals surface area contributed by atoms with Crippen LogP contribution in [0.5, 0.6) is 0 Å². The summed E-state index contributed by atoms with van der Waals surface area (Å²) in [7, 11) is 0. The first-order valence-corrected chi connectivity index (χ1v) is 8.25. The fraction of sp³-hybridized carbons (Fsp3) is 0.0667. The van der Waals surface area contributed by atoms with Gasteiger partial charge in [0.2, 0.25) is 0 Å². The van der Waals surface area contributed by atoms with E-state index < -0.39 is 10.8 Å². The zero-order valence-corrected chi connectivity index (χ0v) is 14.5. The minimum absolute atomic E-state index is 0.109. The number of carbonyl (C=O) groups is 1. The molecular weight excluding hydrogens is 373 g/mol. The van der Waals surface area contributed by atoms with Gasteiger partial charge in [-0.3, -0.25) is 20.2 Å². The van der Waals surface area contributed by atoms with Crippen molar-refractivity contribution in [2.75, 3.05) is 5.32 Å². The average molecular weight is 382 g/mol. The number of hydrogen-bond acceptors (Lipinski definition) is 5. The van der Waals surface area contributed by atoms with Crippen molar-refractivity contribution in [3.63, 3.8) is 0 Å². The highest BCUT2D eigenvalue weighted by molar-refractivity contribution is 7.22. The molecule has 0 saturated heterocycles. The lowest BCUT2D eigenvalue weighted by molar-refractivity contribution is -0.385. The van der Waals surface area contributed by atoms with Crippen LogP contribution < -0.4 is 5.32 Å². The van der Waals surface area contributed by atoms with Crippen LogP contribution in [0.25, 0.3) is 10.2 Å². The summed E-state index contributed by atoms with van der Waals surface area (Å²) < 4.78 is 0.774. The van der Waals surface area contributed by atoms with Crippen LogP contribution in [0, 0.1) is 17.0 Å². The fourth-order valence-electron chi connectivity index (χ4n) is 2.22. The Morgan fingerprint density at radius 2 is 2.04 bits per heavy atom. The van der Waals surface area contributed by atoms with Gasteiger partial charge in [0, 0.05) is 17.2 Å². The molecule has 1 amide bonds. The molecular formula is C15H9Cl2N3O3S. The first-order valence-electron chi connectivity index (χ1n) is 6.68. The van der Waals surface area contributed by atoms with E-state index in [0.29, 0.717) is 26.3 Å². The molecule has 0 radical (unpaired) electrons. The molecule has 0 atom stereocenters. The van der Waals surface area contributed by atoms with E-state index in [0.717, 1.165) is 4.70 Å². The number of nitrogens with one attached hydrogen (secondary N) is 1. The van der Waals surface area contributed by atoms with E-state index >= 15 is 0 Å². The molecule has 9 heteroatoms. The van der Waals surface area contributed by atoms with E-state index in [1.165, 1.54) is 36.5 Å².